The monoisotopic (exact) mass is 236 g/mol. The average molecular weight is 236 g/mol. The molecule has 0 heterocycles. The molecular weight excluding hydrogens is 208 g/mol. The first-order valence-corrected chi connectivity index (χ1v) is 7.68. The van der Waals surface area contributed by atoms with Crippen molar-refractivity contribution in [2.45, 2.75) is 65.4 Å². The van der Waals surface area contributed by atoms with Gasteiger partial charge >= 0.3 is 0 Å². The molecule has 0 saturated heterocycles. The first kappa shape index (κ1) is 12.0. The minimum Gasteiger partial charge on any atom is -0.393 e. The fourth-order valence-corrected chi connectivity index (χ4v) is 5.34. The molecule has 6 atom stereocenters. The highest BCUT2D eigenvalue weighted by molar-refractivity contribution is 5.05. The van der Waals surface area contributed by atoms with E-state index >= 15 is 0 Å². The molecule has 17 heavy (non-hydrogen) atoms. The van der Waals surface area contributed by atoms with Crippen LogP contribution >= 0.6 is 0 Å². The van der Waals surface area contributed by atoms with Gasteiger partial charge in [0.15, 0.2) is 0 Å². The van der Waals surface area contributed by atoms with E-state index in [0.29, 0.717) is 5.41 Å². The van der Waals surface area contributed by atoms with Crippen LogP contribution in [0.4, 0.5) is 0 Å². The molecule has 3 rings (SSSR count). The molecule has 2 bridgehead atoms. The Bertz CT molecular complexity index is 292. The van der Waals surface area contributed by atoms with Gasteiger partial charge in [-0.1, -0.05) is 27.2 Å². The van der Waals surface area contributed by atoms with Gasteiger partial charge in [-0.25, -0.2) is 0 Å². The standard InChI is InChI=1S/C16H28O/c1-10-14-8-12(16(10,2)3)9-15(14)11-5-4-6-13(17)7-11/h10-15,17H,4-9H2,1-3H3/t10-,11-,12+,13+,14+,15-/m1/s1. The summed E-state index contributed by atoms with van der Waals surface area (Å²) in [6.45, 7) is 7.44. The molecule has 3 saturated carbocycles. The van der Waals surface area contributed by atoms with Crippen LogP contribution in [0.3, 0.4) is 0 Å². The molecule has 0 aromatic carbocycles. The Kier molecular flexibility index (Phi) is 2.81. The predicted octanol–water partition coefficient (Wildman–Crippen LogP) is 3.86. The van der Waals surface area contributed by atoms with E-state index in [-0.39, 0.29) is 6.10 Å². The Hall–Kier alpha value is -0.0400. The summed E-state index contributed by atoms with van der Waals surface area (Å²) in [7, 11) is 0. The summed E-state index contributed by atoms with van der Waals surface area (Å²) in [5, 5.41) is 9.88. The zero-order chi connectivity index (χ0) is 12.2. The maximum atomic E-state index is 9.88. The number of rotatable bonds is 1. The van der Waals surface area contributed by atoms with Gasteiger partial charge in [-0.2, -0.15) is 0 Å². The molecule has 1 heteroatoms. The lowest BCUT2D eigenvalue weighted by Gasteiger charge is -2.44. The Morgan fingerprint density at radius 3 is 2.29 bits per heavy atom. The van der Waals surface area contributed by atoms with Crippen LogP contribution in [-0.2, 0) is 0 Å². The minimum absolute atomic E-state index is 0.0104. The van der Waals surface area contributed by atoms with Crippen molar-refractivity contribution >= 4 is 0 Å². The summed E-state index contributed by atoms with van der Waals surface area (Å²) in [5.74, 6) is 4.60. The summed E-state index contributed by atoms with van der Waals surface area (Å²) in [6, 6.07) is 0. The fraction of sp³-hybridized carbons (Fsp3) is 1.00. The maximum absolute atomic E-state index is 9.88. The van der Waals surface area contributed by atoms with Gasteiger partial charge in [0.2, 0.25) is 0 Å². The molecule has 0 unspecified atom stereocenters. The smallest absolute Gasteiger partial charge is 0.0543 e. The highest BCUT2D eigenvalue weighted by Gasteiger charge is 2.56. The minimum atomic E-state index is 0.0104. The van der Waals surface area contributed by atoms with Gasteiger partial charge in [0.25, 0.3) is 0 Å². The largest absolute Gasteiger partial charge is 0.393 e. The van der Waals surface area contributed by atoms with Crippen molar-refractivity contribution in [1.82, 2.24) is 0 Å². The lowest BCUT2D eigenvalue weighted by molar-refractivity contribution is 0.0247. The first-order valence-electron chi connectivity index (χ1n) is 7.68. The van der Waals surface area contributed by atoms with Gasteiger partial charge < -0.3 is 5.11 Å². The van der Waals surface area contributed by atoms with E-state index in [1.54, 1.807) is 0 Å². The van der Waals surface area contributed by atoms with Gasteiger partial charge in [0.1, 0.15) is 0 Å². The fourth-order valence-electron chi connectivity index (χ4n) is 5.34. The van der Waals surface area contributed by atoms with E-state index in [9.17, 15) is 5.11 Å². The molecule has 0 radical (unpaired) electrons. The molecule has 3 aliphatic carbocycles. The van der Waals surface area contributed by atoms with E-state index in [1.165, 1.54) is 25.7 Å². The van der Waals surface area contributed by atoms with Crippen molar-refractivity contribution in [3.63, 3.8) is 0 Å². The number of hydrogen-bond donors (Lipinski definition) is 1. The van der Waals surface area contributed by atoms with E-state index < -0.39 is 0 Å². The molecule has 98 valence electrons. The second-order valence-electron chi connectivity index (χ2n) is 7.69. The molecule has 0 aromatic rings. The number of hydrogen-bond acceptors (Lipinski definition) is 1. The summed E-state index contributed by atoms with van der Waals surface area (Å²) in [4.78, 5) is 0. The number of fused-ring (bicyclic) bond motifs is 2. The van der Waals surface area contributed by atoms with Crippen LogP contribution in [0.1, 0.15) is 59.3 Å². The van der Waals surface area contributed by atoms with Crippen LogP contribution in [0.15, 0.2) is 0 Å². The van der Waals surface area contributed by atoms with Gasteiger partial charge in [0.05, 0.1) is 6.10 Å². The van der Waals surface area contributed by atoms with Crippen LogP contribution in [0.25, 0.3) is 0 Å². The SMILES string of the molecule is C[C@@H]1[C@@H]2C[C@@H](C[C@@H]2[C@@H]2CCC[C@H](O)C2)C1(C)C. The van der Waals surface area contributed by atoms with Gasteiger partial charge in [0, 0.05) is 0 Å². The summed E-state index contributed by atoms with van der Waals surface area (Å²) in [6.07, 6.45) is 7.75. The van der Waals surface area contributed by atoms with Crippen molar-refractivity contribution in [2.75, 3.05) is 0 Å². The van der Waals surface area contributed by atoms with Crippen molar-refractivity contribution < 1.29 is 5.11 Å². The van der Waals surface area contributed by atoms with Gasteiger partial charge in [-0.15, -0.1) is 0 Å². The topological polar surface area (TPSA) is 20.2 Å². The lowest BCUT2D eigenvalue weighted by Crippen LogP contribution is -2.37. The molecule has 0 amide bonds. The van der Waals surface area contributed by atoms with Crippen molar-refractivity contribution in [3.8, 4) is 0 Å². The van der Waals surface area contributed by atoms with Crippen molar-refractivity contribution in [1.29, 1.82) is 0 Å². The van der Waals surface area contributed by atoms with Gasteiger partial charge in [-0.3, -0.25) is 0 Å². The third-order valence-electron chi connectivity index (χ3n) is 6.82. The van der Waals surface area contributed by atoms with Crippen LogP contribution in [-0.4, -0.2) is 11.2 Å². The molecule has 1 N–H and O–H groups in total. The maximum Gasteiger partial charge on any atom is 0.0543 e. The molecule has 3 fully saturated rings. The normalized spacial score (nSPS) is 52.9. The van der Waals surface area contributed by atoms with Gasteiger partial charge in [-0.05, 0) is 67.1 Å². The summed E-state index contributed by atoms with van der Waals surface area (Å²) >= 11 is 0. The Balaban J connectivity index is 1.72. The molecule has 0 spiro atoms. The van der Waals surface area contributed by atoms with E-state index in [0.717, 1.165) is 42.4 Å². The lowest BCUT2D eigenvalue weighted by atomic mass is 9.62. The zero-order valence-corrected chi connectivity index (χ0v) is 11.7. The molecule has 0 aliphatic heterocycles. The van der Waals surface area contributed by atoms with Crippen LogP contribution in [0, 0.1) is 35.0 Å². The zero-order valence-electron chi connectivity index (χ0n) is 11.7. The van der Waals surface area contributed by atoms with Crippen LogP contribution in [0.2, 0.25) is 0 Å². The molecule has 1 nitrogen and oxygen atoms in total. The predicted molar refractivity (Wildman–Crippen MR) is 70.6 cm³/mol. The van der Waals surface area contributed by atoms with E-state index in [4.69, 9.17) is 0 Å². The molecule has 0 aromatic heterocycles. The quantitative estimate of drug-likeness (QED) is 0.733. The number of aliphatic hydroxyl groups excluding tert-OH is 1. The third kappa shape index (κ3) is 1.77. The molecular formula is C16H28O. The second-order valence-corrected chi connectivity index (χ2v) is 7.69. The summed E-state index contributed by atoms with van der Waals surface area (Å²) < 4.78 is 0. The van der Waals surface area contributed by atoms with Crippen molar-refractivity contribution in [2.24, 2.45) is 35.0 Å². The Labute approximate surface area is 106 Å². The second kappa shape index (κ2) is 3.98. The third-order valence-corrected chi connectivity index (χ3v) is 6.82. The Morgan fingerprint density at radius 1 is 1.00 bits per heavy atom. The van der Waals surface area contributed by atoms with E-state index in [1.807, 2.05) is 0 Å². The molecule has 3 aliphatic rings. The van der Waals surface area contributed by atoms with Crippen LogP contribution in [0.5, 0.6) is 0 Å². The highest BCUT2D eigenvalue weighted by atomic mass is 16.3. The summed E-state index contributed by atoms with van der Waals surface area (Å²) in [5.41, 5.74) is 0.578. The van der Waals surface area contributed by atoms with Crippen molar-refractivity contribution in [3.05, 3.63) is 0 Å². The van der Waals surface area contributed by atoms with E-state index in [2.05, 4.69) is 20.8 Å². The van der Waals surface area contributed by atoms with Crippen LogP contribution < -0.4 is 0 Å². The number of aliphatic hydroxyl groups is 1. The highest BCUT2D eigenvalue weighted by Crippen LogP contribution is 2.63. The Morgan fingerprint density at radius 2 is 1.71 bits per heavy atom. The average Bonchev–Trinajstić information content (AvgIpc) is 2.79. The first-order chi connectivity index (χ1) is 8.00.